The summed E-state index contributed by atoms with van der Waals surface area (Å²) in [7, 11) is 0. The smallest absolute Gasteiger partial charge is 0.219 e. The second kappa shape index (κ2) is 29.7. The van der Waals surface area contributed by atoms with E-state index >= 15 is 0 Å². The van der Waals surface area contributed by atoms with Gasteiger partial charge in [-0.3, -0.25) is 4.79 Å². The highest BCUT2D eigenvalue weighted by molar-refractivity contribution is 5.75. The first-order valence-corrected chi connectivity index (χ1v) is 16.2. The van der Waals surface area contributed by atoms with E-state index in [9.17, 15) is 9.90 Å². The molecule has 0 heterocycles. The summed E-state index contributed by atoms with van der Waals surface area (Å²) in [6.45, 7) is 5.17. The van der Waals surface area contributed by atoms with E-state index in [1.165, 1.54) is 141 Å². The predicted octanol–water partition coefficient (Wildman–Crippen LogP) is 10.0. The molecule has 2 N–H and O–H groups in total. The lowest BCUT2D eigenvalue weighted by atomic mass is 10.0. The van der Waals surface area contributed by atoms with Crippen LogP contribution in [0.5, 0.6) is 0 Å². The molecule has 0 aliphatic carbocycles. The fourth-order valence-electron chi connectivity index (χ4n) is 4.96. The van der Waals surface area contributed by atoms with Crippen LogP contribution < -0.4 is 5.32 Å². The molecule has 0 saturated carbocycles. The maximum absolute atomic E-state index is 12.0. The minimum Gasteiger partial charge on any atom is -0.393 e. The molecule has 0 aromatic carbocycles. The quantitative estimate of drug-likeness (QED) is 0.101. The number of carbonyl (C=O) groups excluding carboxylic acids is 1. The second-order valence-corrected chi connectivity index (χ2v) is 11.1. The zero-order chi connectivity index (χ0) is 25.7. The number of unbranched alkanes of at least 4 members (excludes halogenated alkanes) is 22. The maximum atomic E-state index is 12.0. The van der Waals surface area contributed by atoms with Gasteiger partial charge in [-0.05, 0) is 19.3 Å². The van der Waals surface area contributed by atoms with Gasteiger partial charge in [-0.15, -0.1) is 0 Å². The molecule has 0 saturated heterocycles. The van der Waals surface area contributed by atoms with Crippen LogP contribution in [0.1, 0.15) is 187 Å². The lowest BCUT2D eigenvalue weighted by Crippen LogP contribution is -2.26. The van der Waals surface area contributed by atoms with Gasteiger partial charge in [0.25, 0.3) is 0 Å². The molecule has 1 unspecified atom stereocenters. The Hall–Kier alpha value is -0.570. The number of aliphatic hydroxyl groups is 1. The summed E-state index contributed by atoms with van der Waals surface area (Å²) in [5, 5.41) is 13.2. The molecule has 0 aromatic heterocycles. The van der Waals surface area contributed by atoms with Gasteiger partial charge in [-0.1, -0.05) is 162 Å². The highest BCUT2D eigenvalue weighted by Crippen LogP contribution is 2.14. The number of rotatable bonds is 29. The van der Waals surface area contributed by atoms with Crippen molar-refractivity contribution in [2.75, 3.05) is 6.54 Å². The summed E-state index contributed by atoms with van der Waals surface area (Å²) in [6.07, 6.45) is 34.0. The van der Waals surface area contributed by atoms with Crippen LogP contribution >= 0.6 is 0 Å². The third kappa shape index (κ3) is 29.5. The van der Waals surface area contributed by atoms with E-state index in [-0.39, 0.29) is 12.0 Å². The zero-order valence-electron chi connectivity index (χ0n) is 24.2. The van der Waals surface area contributed by atoms with E-state index in [1.807, 2.05) is 0 Å². The van der Waals surface area contributed by atoms with Crippen molar-refractivity contribution < 1.29 is 9.90 Å². The van der Waals surface area contributed by atoms with Crippen LogP contribution in [0.2, 0.25) is 0 Å². The number of hydrogen-bond acceptors (Lipinski definition) is 2. The van der Waals surface area contributed by atoms with E-state index in [0.29, 0.717) is 19.4 Å². The van der Waals surface area contributed by atoms with Crippen molar-refractivity contribution in [2.24, 2.45) is 0 Å². The first-order valence-electron chi connectivity index (χ1n) is 16.2. The Labute approximate surface area is 221 Å². The highest BCUT2D eigenvalue weighted by Gasteiger charge is 2.06. The van der Waals surface area contributed by atoms with Crippen molar-refractivity contribution in [2.45, 2.75) is 193 Å². The molecule has 0 fully saturated rings. The van der Waals surface area contributed by atoms with Gasteiger partial charge in [0.2, 0.25) is 5.91 Å². The Bertz CT molecular complexity index is 412. The largest absolute Gasteiger partial charge is 0.393 e. The summed E-state index contributed by atoms with van der Waals surface area (Å²) >= 11 is 0. The third-order valence-corrected chi connectivity index (χ3v) is 7.45. The van der Waals surface area contributed by atoms with Crippen LogP contribution in [-0.4, -0.2) is 23.7 Å². The van der Waals surface area contributed by atoms with Crippen molar-refractivity contribution in [3.05, 3.63) is 0 Å². The number of amides is 1. The first-order chi connectivity index (χ1) is 17.2. The van der Waals surface area contributed by atoms with E-state index in [1.54, 1.807) is 0 Å². The Morgan fingerprint density at radius 1 is 0.514 bits per heavy atom. The fourth-order valence-corrected chi connectivity index (χ4v) is 4.96. The van der Waals surface area contributed by atoms with Gasteiger partial charge in [-0.2, -0.15) is 0 Å². The van der Waals surface area contributed by atoms with Crippen LogP contribution in [0.25, 0.3) is 0 Å². The average Bonchev–Trinajstić information content (AvgIpc) is 2.85. The molecular formula is C32H65NO2. The summed E-state index contributed by atoms with van der Waals surface area (Å²) in [5.41, 5.74) is 0. The Kier molecular flexibility index (Phi) is 29.2. The van der Waals surface area contributed by atoms with Crippen molar-refractivity contribution in [3.8, 4) is 0 Å². The lowest BCUT2D eigenvalue weighted by molar-refractivity contribution is -0.121. The minimum absolute atomic E-state index is 0.161. The van der Waals surface area contributed by atoms with Crippen LogP contribution in [-0.2, 0) is 4.79 Å². The van der Waals surface area contributed by atoms with Crippen molar-refractivity contribution in [1.29, 1.82) is 0 Å². The molecule has 3 nitrogen and oxygen atoms in total. The molecule has 0 radical (unpaired) electrons. The molecule has 0 aliphatic heterocycles. The molecule has 1 atom stereocenters. The van der Waals surface area contributed by atoms with E-state index in [2.05, 4.69) is 19.2 Å². The topological polar surface area (TPSA) is 49.3 Å². The standard InChI is InChI=1S/C32H65NO2/c1-3-5-7-9-11-13-15-16-18-19-21-23-25-27-31(34)29-30-33-32(35)28-26-24-22-20-17-14-12-10-8-6-4-2/h31,34H,3-30H2,1-2H3,(H,33,35). The highest BCUT2D eigenvalue weighted by atomic mass is 16.3. The predicted molar refractivity (Wildman–Crippen MR) is 155 cm³/mol. The molecule has 0 rings (SSSR count). The van der Waals surface area contributed by atoms with Crippen molar-refractivity contribution in [1.82, 2.24) is 5.32 Å². The summed E-state index contributed by atoms with van der Waals surface area (Å²) < 4.78 is 0. The first kappa shape index (κ1) is 34.4. The molecule has 1 amide bonds. The fraction of sp³-hybridized carbons (Fsp3) is 0.969. The third-order valence-electron chi connectivity index (χ3n) is 7.45. The van der Waals surface area contributed by atoms with Gasteiger partial charge in [0.15, 0.2) is 0 Å². The molecule has 35 heavy (non-hydrogen) atoms. The average molecular weight is 496 g/mol. The second-order valence-electron chi connectivity index (χ2n) is 11.1. The van der Waals surface area contributed by atoms with Gasteiger partial charge in [0.05, 0.1) is 6.10 Å². The van der Waals surface area contributed by atoms with Gasteiger partial charge in [0.1, 0.15) is 0 Å². The lowest BCUT2D eigenvalue weighted by Gasteiger charge is -2.11. The summed E-state index contributed by atoms with van der Waals surface area (Å²) in [6, 6.07) is 0. The monoisotopic (exact) mass is 496 g/mol. The Morgan fingerprint density at radius 2 is 0.857 bits per heavy atom. The van der Waals surface area contributed by atoms with Crippen molar-refractivity contribution >= 4 is 5.91 Å². The van der Waals surface area contributed by atoms with Gasteiger partial charge in [0, 0.05) is 13.0 Å². The van der Waals surface area contributed by atoms with Gasteiger partial charge >= 0.3 is 0 Å². The van der Waals surface area contributed by atoms with Gasteiger partial charge in [-0.25, -0.2) is 0 Å². The molecule has 0 aromatic rings. The van der Waals surface area contributed by atoms with E-state index < -0.39 is 0 Å². The summed E-state index contributed by atoms with van der Waals surface area (Å²) in [5.74, 6) is 0.161. The number of nitrogens with one attached hydrogen (secondary N) is 1. The normalized spacial score (nSPS) is 12.2. The molecule has 0 bridgehead atoms. The van der Waals surface area contributed by atoms with Crippen LogP contribution in [0, 0.1) is 0 Å². The van der Waals surface area contributed by atoms with Gasteiger partial charge < -0.3 is 10.4 Å². The van der Waals surface area contributed by atoms with Crippen LogP contribution in [0.4, 0.5) is 0 Å². The number of carbonyl (C=O) groups is 1. The number of hydrogen-bond donors (Lipinski definition) is 2. The Morgan fingerprint density at radius 3 is 1.26 bits per heavy atom. The van der Waals surface area contributed by atoms with Crippen LogP contribution in [0.15, 0.2) is 0 Å². The maximum Gasteiger partial charge on any atom is 0.219 e. The zero-order valence-corrected chi connectivity index (χ0v) is 24.2. The van der Waals surface area contributed by atoms with E-state index in [4.69, 9.17) is 0 Å². The summed E-state index contributed by atoms with van der Waals surface area (Å²) in [4.78, 5) is 12.0. The molecule has 3 heteroatoms. The molecule has 0 spiro atoms. The SMILES string of the molecule is CCCCCCCCCCCCCCCC(O)CCNC(=O)CCCCCCCCCCCCC. The van der Waals surface area contributed by atoms with Crippen molar-refractivity contribution in [3.63, 3.8) is 0 Å². The Balaban J connectivity index is 3.27. The molecule has 210 valence electrons. The molecular weight excluding hydrogens is 430 g/mol. The van der Waals surface area contributed by atoms with Crippen LogP contribution in [0.3, 0.4) is 0 Å². The molecule has 0 aliphatic rings. The number of aliphatic hydroxyl groups excluding tert-OH is 1. The van der Waals surface area contributed by atoms with E-state index in [0.717, 1.165) is 19.3 Å². The minimum atomic E-state index is -0.259.